The topological polar surface area (TPSA) is 33.5 Å². The number of nitrogens with zero attached hydrogens (tertiary/aromatic N) is 1. The van der Waals surface area contributed by atoms with Gasteiger partial charge in [-0.1, -0.05) is 23.2 Å². The SMILES string of the molecule is CN(C)/C=C/C(=O)c1ccc(-c2cc(Cl)cc(Cl)c2)o1. The second-order valence-electron chi connectivity index (χ2n) is 4.47. The molecule has 2 aromatic rings. The molecule has 0 amide bonds. The highest BCUT2D eigenvalue weighted by Gasteiger charge is 2.11. The second kappa shape index (κ2) is 6.16. The Morgan fingerprint density at radius 2 is 1.80 bits per heavy atom. The highest BCUT2D eigenvalue weighted by atomic mass is 35.5. The summed E-state index contributed by atoms with van der Waals surface area (Å²) in [5.41, 5.74) is 0.734. The van der Waals surface area contributed by atoms with Crippen LogP contribution in [0.25, 0.3) is 11.3 Å². The minimum Gasteiger partial charge on any atom is -0.453 e. The molecule has 5 heteroatoms. The molecule has 1 aromatic carbocycles. The number of allylic oxidation sites excluding steroid dienone is 1. The fourth-order valence-electron chi connectivity index (χ4n) is 1.62. The first-order valence-electron chi connectivity index (χ1n) is 5.91. The summed E-state index contributed by atoms with van der Waals surface area (Å²) in [5, 5.41) is 1.04. The predicted molar refractivity (Wildman–Crippen MR) is 81.3 cm³/mol. The highest BCUT2D eigenvalue weighted by Crippen LogP contribution is 2.28. The molecule has 104 valence electrons. The lowest BCUT2D eigenvalue weighted by molar-refractivity contribution is 0.102. The zero-order chi connectivity index (χ0) is 14.7. The Morgan fingerprint density at radius 3 is 2.40 bits per heavy atom. The van der Waals surface area contributed by atoms with Crippen molar-refractivity contribution in [3.8, 4) is 11.3 Å². The molecule has 0 aliphatic rings. The van der Waals surface area contributed by atoms with Gasteiger partial charge in [0.05, 0.1) is 0 Å². The van der Waals surface area contributed by atoms with Crippen molar-refractivity contribution in [2.45, 2.75) is 0 Å². The Labute approximate surface area is 127 Å². The third-order valence-corrected chi connectivity index (χ3v) is 2.96. The smallest absolute Gasteiger partial charge is 0.222 e. The van der Waals surface area contributed by atoms with Gasteiger partial charge in [-0.15, -0.1) is 0 Å². The number of rotatable bonds is 4. The van der Waals surface area contributed by atoms with E-state index in [-0.39, 0.29) is 11.5 Å². The van der Waals surface area contributed by atoms with Crippen molar-refractivity contribution in [2.75, 3.05) is 14.1 Å². The summed E-state index contributed by atoms with van der Waals surface area (Å²) >= 11 is 11.9. The molecule has 20 heavy (non-hydrogen) atoms. The molecule has 2 rings (SSSR count). The van der Waals surface area contributed by atoms with Crippen molar-refractivity contribution in [3.05, 3.63) is 58.4 Å². The Hall–Kier alpha value is -1.71. The second-order valence-corrected chi connectivity index (χ2v) is 5.34. The Balaban J connectivity index is 2.26. The number of benzene rings is 1. The average molecular weight is 310 g/mol. The van der Waals surface area contributed by atoms with E-state index in [2.05, 4.69) is 0 Å². The molecule has 0 radical (unpaired) electrons. The van der Waals surface area contributed by atoms with E-state index in [9.17, 15) is 4.79 Å². The molecule has 0 aliphatic carbocycles. The molecule has 3 nitrogen and oxygen atoms in total. The number of halogens is 2. The van der Waals surface area contributed by atoms with E-state index in [1.165, 1.54) is 6.08 Å². The molecule has 0 aliphatic heterocycles. The van der Waals surface area contributed by atoms with Crippen molar-refractivity contribution in [1.82, 2.24) is 4.90 Å². The van der Waals surface area contributed by atoms with Gasteiger partial charge < -0.3 is 9.32 Å². The van der Waals surface area contributed by atoms with Gasteiger partial charge in [0.1, 0.15) is 5.76 Å². The molecule has 0 fully saturated rings. The molecule has 0 saturated carbocycles. The maximum absolute atomic E-state index is 11.9. The van der Waals surface area contributed by atoms with Crippen LogP contribution in [0.3, 0.4) is 0 Å². The minimum absolute atomic E-state index is 0.196. The Morgan fingerprint density at radius 1 is 1.15 bits per heavy atom. The zero-order valence-electron chi connectivity index (χ0n) is 11.1. The van der Waals surface area contributed by atoms with Gasteiger partial charge in [0.2, 0.25) is 5.78 Å². The number of ketones is 1. The van der Waals surface area contributed by atoms with Crippen LogP contribution in [-0.2, 0) is 0 Å². The van der Waals surface area contributed by atoms with Crippen LogP contribution in [0.2, 0.25) is 10.0 Å². The first-order valence-corrected chi connectivity index (χ1v) is 6.66. The van der Waals surface area contributed by atoms with Gasteiger partial charge in [0.25, 0.3) is 0 Å². The number of carbonyl (C=O) groups is 1. The fraction of sp³-hybridized carbons (Fsp3) is 0.133. The monoisotopic (exact) mass is 309 g/mol. The van der Waals surface area contributed by atoms with Gasteiger partial charge in [-0.25, -0.2) is 0 Å². The Bertz CT molecular complexity index is 639. The third kappa shape index (κ3) is 3.65. The van der Waals surface area contributed by atoms with Crippen LogP contribution in [0, 0.1) is 0 Å². The molecular formula is C15H13Cl2NO2. The van der Waals surface area contributed by atoms with Crippen LogP contribution in [0.15, 0.2) is 47.0 Å². The van der Waals surface area contributed by atoms with Crippen molar-refractivity contribution >= 4 is 29.0 Å². The number of hydrogen-bond donors (Lipinski definition) is 0. The summed E-state index contributed by atoms with van der Waals surface area (Å²) in [5.74, 6) is 0.628. The minimum atomic E-state index is -0.196. The number of hydrogen-bond acceptors (Lipinski definition) is 3. The molecule has 0 spiro atoms. The lowest BCUT2D eigenvalue weighted by Crippen LogP contribution is -2.02. The van der Waals surface area contributed by atoms with Gasteiger partial charge in [0, 0.05) is 42.0 Å². The largest absolute Gasteiger partial charge is 0.453 e. The van der Waals surface area contributed by atoms with E-state index >= 15 is 0 Å². The van der Waals surface area contributed by atoms with Crippen LogP contribution >= 0.6 is 23.2 Å². The average Bonchev–Trinajstić information content (AvgIpc) is 2.84. The van der Waals surface area contributed by atoms with Crippen molar-refractivity contribution in [1.29, 1.82) is 0 Å². The molecule has 1 heterocycles. The van der Waals surface area contributed by atoms with Gasteiger partial charge in [0.15, 0.2) is 5.76 Å². The van der Waals surface area contributed by atoms with Crippen LogP contribution in [0.1, 0.15) is 10.6 Å². The summed E-state index contributed by atoms with van der Waals surface area (Å²) < 4.78 is 5.54. The first-order chi connectivity index (χ1) is 9.45. The molecule has 0 bridgehead atoms. The van der Waals surface area contributed by atoms with E-state index < -0.39 is 0 Å². The molecule has 0 saturated heterocycles. The molecule has 0 unspecified atom stereocenters. The van der Waals surface area contributed by atoms with E-state index in [4.69, 9.17) is 27.6 Å². The van der Waals surface area contributed by atoms with Crippen molar-refractivity contribution < 1.29 is 9.21 Å². The fourth-order valence-corrected chi connectivity index (χ4v) is 2.15. The van der Waals surface area contributed by atoms with Crippen LogP contribution in [-0.4, -0.2) is 24.8 Å². The number of furan rings is 1. The molecule has 0 N–H and O–H groups in total. The maximum atomic E-state index is 11.9. The summed E-state index contributed by atoms with van der Waals surface area (Å²) in [6.07, 6.45) is 3.12. The maximum Gasteiger partial charge on any atom is 0.222 e. The van der Waals surface area contributed by atoms with E-state index in [0.717, 1.165) is 5.56 Å². The third-order valence-electron chi connectivity index (χ3n) is 2.52. The molecule has 1 aromatic heterocycles. The molecule has 0 atom stereocenters. The highest BCUT2D eigenvalue weighted by molar-refractivity contribution is 6.35. The van der Waals surface area contributed by atoms with Crippen LogP contribution in [0.4, 0.5) is 0 Å². The zero-order valence-corrected chi connectivity index (χ0v) is 12.6. The summed E-state index contributed by atoms with van der Waals surface area (Å²) in [4.78, 5) is 13.6. The lowest BCUT2D eigenvalue weighted by atomic mass is 10.2. The quantitative estimate of drug-likeness (QED) is 0.615. The van der Waals surface area contributed by atoms with Gasteiger partial charge in [-0.3, -0.25) is 4.79 Å². The van der Waals surface area contributed by atoms with Gasteiger partial charge in [-0.2, -0.15) is 0 Å². The van der Waals surface area contributed by atoms with Gasteiger partial charge >= 0.3 is 0 Å². The standard InChI is InChI=1S/C15H13Cl2NO2/c1-18(2)6-5-13(19)15-4-3-14(20-15)10-7-11(16)9-12(17)8-10/h3-9H,1-2H3/b6-5+. The molecular weight excluding hydrogens is 297 g/mol. The Kier molecular flexibility index (Phi) is 4.53. The summed E-state index contributed by atoms with van der Waals surface area (Å²) in [7, 11) is 3.68. The van der Waals surface area contributed by atoms with Crippen LogP contribution in [0.5, 0.6) is 0 Å². The first kappa shape index (κ1) is 14.7. The van der Waals surface area contributed by atoms with Crippen molar-refractivity contribution in [3.63, 3.8) is 0 Å². The van der Waals surface area contributed by atoms with E-state index in [1.54, 1.807) is 41.4 Å². The van der Waals surface area contributed by atoms with Gasteiger partial charge in [-0.05, 0) is 30.3 Å². The van der Waals surface area contributed by atoms with E-state index in [1.807, 2.05) is 14.1 Å². The normalized spacial score (nSPS) is 11.0. The number of carbonyl (C=O) groups excluding carboxylic acids is 1. The summed E-state index contributed by atoms with van der Waals surface area (Å²) in [6.45, 7) is 0. The van der Waals surface area contributed by atoms with Crippen molar-refractivity contribution in [2.24, 2.45) is 0 Å². The van der Waals surface area contributed by atoms with Crippen LogP contribution < -0.4 is 0 Å². The summed E-state index contributed by atoms with van der Waals surface area (Å²) in [6, 6.07) is 8.46. The van der Waals surface area contributed by atoms with E-state index in [0.29, 0.717) is 15.8 Å². The lowest BCUT2D eigenvalue weighted by Gasteiger charge is -2.02. The predicted octanol–water partition coefficient (Wildman–Crippen LogP) is 4.51.